The van der Waals surface area contributed by atoms with Crippen LogP contribution in [0.25, 0.3) is 0 Å². The van der Waals surface area contributed by atoms with Crippen molar-refractivity contribution in [2.45, 2.75) is 65.5 Å². The van der Waals surface area contributed by atoms with Crippen LogP contribution < -0.4 is 5.73 Å². The fraction of sp³-hybridized carbons (Fsp3) is 1.00. The first-order chi connectivity index (χ1) is 6.44. The Bertz CT molecular complexity index is 145. The van der Waals surface area contributed by atoms with Crippen LogP contribution >= 0.6 is 0 Å². The van der Waals surface area contributed by atoms with Gasteiger partial charge >= 0.3 is 0 Å². The molecule has 2 heteroatoms. The Kier molecular flexibility index (Phi) is 6.38. The topological polar surface area (TPSA) is 35.2 Å². The average molecular weight is 201 g/mol. The minimum Gasteiger partial charge on any atom is -0.374 e. The predicted molar refractivity (Wildman–Crippen MR) is 62.4 cm³/mol. The van der Waals surface area contributed by atoms with Crippen LogP contribution in [-0.4, -0.2) is 18.2 Å². The van der Waals surface area contributed by atoms with Crippen LogP contribution in [-0.2, 0) is 4.74 Å². The molecule has 0 aliphatic rings. The zero-order chi connectivity index (χ0) is 11.2. The molecule has 0 heterocycles. The lowest BCUT2D eigenvalue weighted by Gasteiger charge is -2.33. The second kappa shape index (κ2) is 6.41. The number of hydrogen-bond donors (Lipinski definition) is 1. The van der Waals surface area contributed by atoms with E-state index in [1.54, 1.807) is 0 Å². The molecule has 0 bridgehead atoms. The third-order valence-corrected chi connectivity index (χ3v) is 2.85. The fourth-order valence-electron chi connectivity index (χ4n) is 1.81. The lowest BCUT2D eigenvalue weighted by Crippen LogP contribution is -2.46. The molecule has 0 saturated heterocycles. The van der Waals surface area contributed by atoms with E-state index >= 15 is 0 Å². The molecule has 14 heavy (non-hydrogen) atoms. The van der Waals surface area contributed by atoms with Crippen molar-refractivity contribution in [3.63, 3.8) is 0 Å². The third-order valence-electron chi connectivity index (χ3n) is 2.85. The smallest absolute Gasteiger partial charge is 0.0776 e. The normalized spacial score (nSPS) is 16.7. The van der Waals surface area contributed by atoms with Gasteiger partial charge < -0.3 is 10.5 Å². The average Bonchev–Trinajstić information content (AvgIpc) is 2.04. The van der Waals surface area contributed by atoms with Gasteiger partial charge in [-0.25, -0.2) is 0 Å². The van der Waals surface area contributed by atoms with E-state index in [4.69, 9.17) is 10.5 Å². The Hall–Kier alpha value is -0.0800. The van der Waals surface area contributed by atoms with E-state index in [0.29, 0.717) is 5.92 Å². The predicted octanol–water partition coefficient (Wildman–Crippen LogP) is 2.96. The van der Waals surface area contributed by atoms with Crippen molar-refractivity contribution in [2.24, 2.45) is 11.7 Å². The van der Waals surface area contributed by atoms with Crippen LogP contribution in [0, 0.1) is 5.92 Å². The molecule has 0 fully saturated rings. The molecule has 0 aliphatic heterocycles. The molecule has 0 aromatic heterocycles. The molecule has 0 rings (SSSR count). The highest BCUT2D eigenvalue weighted by molar-refractivity contribution is 4.83. The van der Waals surface area contributed by atoms with Crippen LogP contribution in [0.2, 0.25) is 0 Å². The first-order valence-corrected chi connectivity index (χ1v) is 5.83. The summed E-state index contributed by atoms with van der Waals surface area (Å²) in [6, 6.07) is 0.143. The summed E-state index contributed by atoms with van der Waals surface area (Å²) in [7, 11) is 0. The van der Waals surface area contributed by atoms with Gasteiger partial charge in [-0.2, -0.15) is 0 Å². The number of rotatable bonds is 7. The molecule has 0 spiro atoms. The largest absolute Gasteiger partial charge is 0.374 e. The molecule has 0 saturated carbocycles. The monoisotopic (exact) mass is 201 g/mol. The maximum Gasteiger partial charge on any atom is 0.0776 e. The lowest BCUT2D eigenvalue weighted by molar-refractivity contribution is -0.0337. The first kappa shape index (κ1) is 13.9. The fourth-order valence-corrected chi connectivity index (χ4v) is 1.81. The van der Waals surface area contributed by atoms with Crippen molar-refractivity contribution in [3.05, 3.63) is 0 Å². The van der Waals surface area contributed by atoms with Crippen LogP contribution in [0.1, 0.15) is 53.9 Å². The summed E-state index contributed by atoms with van der Waals surface area (Å²) in [6.07, 6.45) is 3.56. The summed E-state index contributed by atoms with van der Waals surface area (Å²) >= 11 is 0. The van der Waals surface area contributed by atoms with Crippen molar-refractivity contribution in [1.82, 2.24) is 0 Å². The van der Waals surface area contributed by atoms with E-state index in [-0.39, 0.29) is 11.6 Å². The van der Waals surface area contributed by atoms with Crippen molar-refractivity contribution >= 4 is 0 Å². The summed E-state index contributed by atoms with van der Waals surface area (Å²) in [5.74, 6) is 0.703. The van der Waals surface area contributed by atoms with Crippen LogP contribution in [0.5, 0.6) is 0 Å². The molecule has 2 nitrogen and oxygen atoms in total. The third kappa shape index (κ3) is 4.97. The van der Waals surface area contributed by atoms with Gasteiger partial charge in [0.05, 0.1) is 5.60 Å². The Labute approximate surface area is 89.2 Å². The number of ether oxygens (including phenoxy) is 1. The van der Waals surface area contributed by atoms with E-state index in [1.165, 1.54) is 12.8 Å². The second-order valence-corrected chi connectivity index (χ2v) is 4.77. The van der Waals surface area contributed by atoms with Crippen molar-refractivity contribution in [1.29, 1.82) is 0 Å². The SMILES string of the molecule is CCCC(C)CC(N)C(C)(C)OCC. The number of nitrogens with two attached hydrogens (primary N) is 1. The molecule has 0 aromatic rings. The Balaban J connectivity index is 3.98. The summed E-state index contributed by atoms with van der Waals surface area (Å²) < 4.78 is 5.65. The summed E-state index contributed by atoms with van der Waals surface area (Å²) in [5, 5.41) is 0. The zero-order valence-corrected chi connectivity index (χ0v) is 10.5. The van der Waals surface area contributed by atoms with Gasteiger partial charge in [-0.05, 0) is 33.1 Å². The first-order valence-electron chi connectivity index (χ1n) is 5.83. The minimum absolute atomic E-state index is 0.143. The highest BCUT2D eigenvalue weighted by Crippen LogP contribution is 2.21. The van der Waals surface area contributed by atoms with Crippen LogP contribution in [0.4, 0.5) is 0 Å². The zero-order valence-electron chi connectivity index (χ0n) is 10.5. The van der Waals surface area contributed by atoms with Crippen LogP contribution in [0.3, 0.4) is 0 Å². The highest BCUT2D eigenvalue weighted by atomic mass is 16.5. The molecule has 0 amide bonds. The van der Waals surface area contributed by atoms with Gasteiger partial charge in [0.2, 0.25) is 0 Å². The minimum atomic E-state index is -0.184. The Morgan fingerprint density at radius 2 is 1.86 bits per heavy atom. The molecule has 0 radical (unpaired) electrons. The lowest BCUT2D eigenvalue weighted by atomic mass is 9.89. The van der Waals surface area contributed by atoms with Crippen molar-refractivity contribution < 1.29 is 4.74 Å². The molecular formula is C12H27NO. The van der Waals surface area contributed by atoms with Crippen molar-refractivity contribution in [3.8, 4) is 0 Å². The van der Waals surface area contributed by atoms with Gasteiger partial charge in [-0.15, -0.1) is 0 Å². The molecule has 0 aromatic carbocycles. The van der Waals surface area contributed by atoms with Crippen LogP contribution in [0.15, 0.2) is 0 Å². The molecule has 2 N–H and O–H groups in total. The highest BCUT2D eigenvalue weighted by Gasteiger charge is 2.27. The van der Waals surface area contributed by atoms with Gasteiger partial charge in [-0.1, -0.05) is 26.7 Å². The summed E-state index contributed by atoms with van der Waals surface area (Å²) in [4.78, 5) is 0. The maximum atomic E-state index is 6.14. The standard InChI is InChI=1S/C12H27NO/c1-6-8-10(3)9-11(13)12(4,5)14-7-2/h10-11H,6-9,13H2,1-5H3. The van der Waals surface area contributed by atoms with Gasteiger partial charge in [0, 0.05) is 12.6 Å². The van der Waals surface area contributed by atoms with E-state index < -0.39 is 0 Å². The second-order valence-electron chi connectivity index (χ2n) is 4.77. The molecular weight excluding hydrogens is 174 g/mol. The van der Waals surface area contributed by atoms with E-state index in [2.05, 4.69) is 27.7 Å². The quantitative estimate of drug-likeness (QED) is 0.687. The maximum absolute atomic E-state index is 6.14. The summed E-state index contributed by atoms with van der Waals surface area (Å²) in [5.41, 5.74) is 5.96. The van der Waals surface area contributed by atoms with E-state index in [0.717, 1.165) is 13.0 Å². The van der Waals surface area contributed by atoms with E-state index in [9.17, 15) is 0 Å². The van der Waals surface area contributed by atoms with Gasteiger partial charge in [-0.3, -0.25) is 0 Å². The van der Waals surface area contributed by atoms with Gasteiger partial charge in [0.25, 0.3) is 0 Å². The molecule has 2 unspecified atom stereocenters. The Morgan fingerprint density at radius 3 is 2.29 bits per heavy atom. The summed E-state index contributed by atoms with van der Waals surface area (Å²) in [6.45, 7) is 11.4. The molecule has 2 atom stereocenters. The molecule has 86 valence electrons. The van der Waals surface area contributed by atoms with Crippen molar-refractivity contribution in [2.75, 3.05) is 6.61 Å². The van der Waals surface area contributed by atoms with Gasteiger partial charge in [0.1, 0.15) is 0 Å². The molecule has 0 aliphatic carbocycles. The number of hydrogen-bond acceptors (Lipinski definition) is 2. The van der Waals surface area contributed by atoms with E-state index in [1.807, 2.05) is 6.92 Å². The van der Waals surface area contributed by atoms with Gasteiger partial charge in [0.15, 0.2) is 0 Å². The Morgan fingerprint density at radius 1 is 1.29 bits per heavy atom.